The van der Waals surface area contributed by atoms with Crippen molar-refractivity contribution in [2.75, 3.05) is 13.1 Å². The minimum atomic E-state index is -0.0245. The van der Waals surface area contributed by atoms with E-state index in [-0.39, 0.29) is 18.1 Å². The molecule has 5 heteroatoms. The maximum atomic E-state index is 12.9. The largest absolute Gasteiger partial charge is 0.490 e. The van der Waals surface area contributed by atoms with E-state index in [9.17, 15) is 4.79 Å². The molecule has 2 atom stereocenters. The Hall–Kier alpha value is -1.26. The van der Waals surface area contributed by atoms with Gasteiger partial charge in [-0.25, -0.2) is 0 Å². The van der Waals surface area contributed by atoms with E-state index in [1.54, 1.807) is 18.2 Å². The molecule has 0 radical (unpaired) electrons. The molecule has 1 aliphatic rings. The summed E-state index contributed by atoms with van der Waals surface area (Å²) in [7, 11) is 0. The number of hydrogen-bond donors (Lipinski definition) is 1. The monoisotopic (exact) mass is 324 g/mol. The van der Waals surface area contributed by atoms with Crippen LogP contribution in [0.15, 0.2) is 18.2 Å². The Bertz CT molecular complexity index is 531. The van der Waals surface area contributed by atoms with Crippen LogP contribution in [0.4, 0.5) is 0 Å². The fraction of sp³-hybridized carbons (Fsp3) is 0.588. The summed E-state index contributed by atoms with van der Waals surface area (Å²) in [6, 6.07) is 5.30. The maximum absolute atomic E-state index is 12.9. The summed E-state index contributed by atoms with van der Waals surface area (Å²) in [6.45, 7) is 7.34. The van der Waals surface area contributed by atoms with Crippen LogP contribution in [0.3, 0.4) is 0 Å². The lowest BCUT2D eigenvalue weighted by Crippen LogP contribution is -2.45. The summed E-state index contributed by atoms with van der Waals surface area (Å²) in [6.07, 6.45) is 2.07. The number of halogens is 1. The molecule has 1 saturated heterocycles. The average molecular weight is 325 g/mol. The van der Waals surface area contributed by atoms with E-state index in [0.717, 1.165) is 19.4 Å². The molecule has 22 heavy (non-hydrogen) atoms. The van der Waals surface area contributed by atoms with Gasteiger partial charge in [-0.05, 0) is 57.7 Å². The van der Waals surface area contributed by atoms with Gasteiger partial charge in [-0.1, -0.05) is 11.6 Å². The summed E-state index contributed by atoms with van der Waals surface area (Å²) >= 11 is 6.07. The first-order valence-corrected chi connectivity index (χ1v) is 8.27. The van der Waals surface area contributed by atoms with Gasteiger partial charge >= 0.3 is 0 Å². The maximum Gasteiger partial charge on any atom is 0.257 e. The van der Waals surface area contributed by atoms with Gasteiger partial charge < -0.3 is 15.4 Å². The first kappa shape index (κ1) is 17.1. The van der Waals surface area contributed by atoms with E-state index in [2.05, 4.69) is 0 Å². The fourth-order valence-electron chi connectivity index (χ4n) is 2.82. The lowest BCUT2D eigenvalue weighted by molar-refractivity contribution is 0.0655. The number of likely N-dealkylation sites (tertiary alicyclic amines) is 1. The highest BCUT2D eigenvalue weighted by molar-refractivity contribution is 6.31. The highest BCUT2D eigenvalue weighted by atomic mass is 35.5. The number of benzene rings is 1. The molecule has 2 rings (SSSR count). The zero-order valence-corrected chi connectivity index (χ0v) is 14.3. The van der Waals surface area contributed by atoms with E-state index < -0.39 is 0 Å². The highest BCUT2D eigenvalue weighted by Crippen LogP contribution is 2.27. The van der Waals surface area contributed by atoms with E-state index >= 15 is 0 Å². The predicted octanol–water partition coefficient (Wildman–Crippen LogP) is 3.33. The number of carbonyl (C=O) groups is 1. The smallest absolute Gasteiger partial charge is 0.257 e. The molecule has 0 bridgehead atoms. The van der Waals surface area contributed by atoms with Crippen LogP contribution in [-0.2, 0) is 0 Å². The van der Waals surface area contributed by atoms with Crippen molar-refractivity contribution in [3.8, 4) is 5.75 Å². The Labute approximate surface area is 137 Å². The first-order chi connectivity index (χ1) is 10.4. The van der Waals surface area contributed by atoms with Gasteiger partial charge in [-0.15, -0.1) is 0 Å². The van der Waals surface area contributed by atoms with Gasteiger partial charge in [0.1, 0.15) is 5.75 Å². The second-order valence-corrected chi connectivity index (χ2v) is 6.76. The summed E-state index contributed by atoms with van der Waals surface area (Å²) < 4.78 is 5.76. The van der Waals surface area contributed by atoms with Crippen molar-refractivity contribution in [3.05, 3.63) is 28.8 Å². The second-order valence-electron chi connectivity index (χ2n) is 6.32. The molecule has 0 aromatic heterocycles. The molecule has 0 aliphatic carbocycles. The quantitative estimate of drug-likeness (QED) is 0.924. The van der Waals surface area contributed by atoms with E-state index in [4.69, 9.17) is 22.1 Å². The van der Waals surface area contributed by atoms with Gasteiger partial charge in [0.05, 0.1) is 11.7 Å². The Balaban J connectivity index is 2.22. The van der Waals surface area contributed by atoms with Gasteiger partial charge in [0.25, 0.3) is 5.91 Å². The third-order valence-electron chi connectivity index (χ3n) is 4.02. The number of ether oxygens (including phenoxy) is 1. The van der Waals surface area contributed by atoms with Gasteiger partial charge in [0.15, 0.2) is 0 Å². The number of nitrogens with two attached hydrogens (primary N) is 1. The van der Waals surface area contributed by atoms with Crippen LogP contribution in [-0.4, -0.2) is 36.0 Å². The standard InChI is InChI=1S/C17H25ClN2O2/c1-11(2)22-16-7-6-14(18)9-15(16)17(21)20-8-4-5-13(10-20)12(3)19/h6-7,9,11-13H,4-5,8,10,19H2,1-3H3. The van der Waals surface area contributed by atoms with Crippen LogP contribution >= 0.6 is 11.6 Å². The Morgan fingerprint density at radius 2 is 2.14 bits per heavy atom. The van der Waals surface area contributed by atoms with Crippen molar-refractivity contribution in [2.45, 2.75) is 45.8 Å². The topological polar surface area (TPSA) is 55.6 Å². The predicted molar refractivity (Wildman–Crippen MR) is 89.5 cm³/mol. The Morgan fingerprint density at radius 3 is 2.77 bits per heavy atom. The number of rotatable bonds is 4. The van der Waals surface area contributed by atoms with Gasteiger partial charge in [0, 0.05) is 24.2 Å². The molecule has 0 saturated carbocycles. The molecule has 0 spiro atoms. The fourth-order valence-corrected chi connectivity index (χ4v) is 2.99. The van der Waals surface area contributed by atoms with Crippen LogP contribution in [0.2, 0.25) is 5.02 Å². The van der Waals surface area contributed by atoms with E-state index in [1.807, 2.05) is 25.7 Å². The van der Waals surface area contributed by atoms with Crippen molar-refractivity contribution in [1.82, 2.24) is 4.90 Å². The molecular weight excluding hydrogens is 300 g/mol. The number of amides is 1. The van der Waals surface area contributed by atoms with Gasteiger partial charge in [0.2, 0.25) is 0 Å². The zero-order valence-electron chi connectivity index (χ0n) is 13.5. The summed E-state index contributed by atoms with van der Waals surface area (Å²) in [5.74, 6) is 0.919. The van der Waals surface area contributed by atoms with Crippen molar-refractivity contribution >= 4 is 17.5 Å². The molecular formula is C17H25ClN2O2. The van der Waals surface area contributed by atoms with Crippen molar-refractivity contribution < 1.29 is 9.53 Å². The normalized spacial score (nSPS) is 20.1. The highest BCUT2D eigenvalue weighted by Gasteiger charge is 2.28. The molecule has 2 unspecified atom stereocenters. The summed E-state index contributed by atoms with van der Waals surface area (Å²) in [5, 5.41) is 0.542. The third kappa shape index (κ3) is 4.14. The molecule has 1 amide bonds. The minimum absolute atomic E-state index is 0.00546. The molecule has 122 valence electrons. The van der Waals surface area contributed by atoms with Crippen molar-refractivity contribution in [1.29, 1.82) is 0 Å². The third-order valence-corrected chi connectivity index (χ3v) is 4.26. The van der Waals surface area contributed by atoms with Crippen molar-refractivity contribution in [2.24, 2.45) is 11.7 Å². The number of hydrogen-bond acceptors (Lipinski definition) is 3. The molecule has 2 N–H and O–H groups in total. The van der Waals surface area contributed by atoms with Crippen LogP contribution in [0.25, 0.3) is 0 Å². The molecule has 1 aliphatic heterocycles. The second kappa shape index (κ2) is 7.34. The Morgan fingerprint density at radius 1 is 1.41 bits per heavy atom. The number of nitrogens with zero attached hydrogens (tertiary/aromatic N) is 1. The molecule has 1 aromatic carbocycles. The van der Waals surface area contributed by atoms with Crippen LogP contribution < -0.4 is 10.5 Å². The first-order valence-electron chi connectivity index (χ1n) is 7.89. The lowest BCUT2D eigenvalue weighted by atomic mass is 9.92. The summed E-state index contributed by atoms with van der Waals surface area (Å²) in [4.78, 5) is 14.7. The van der Waals surface area contributed by atoms with Crippen LogP contribution in [0.1, 0.15) is 44.0 Å². The zero-order chi connectivity index (χ0) is 16.3. The summed E-state index contributed by atoms with van der Waals surface area (Å²) in [5.41, 5.74) is 6.54. The van der Waals surface area contributed by atoms with Crippen molar-refractivity contribution in [3.63, 3.8) is 0 Å². The minimum Gasteiger partial charge on any atom is -0.490 e. The number of carbonyl (C=O) groups excluding carboxylic acids is 1. The molecule has 4 nitrogen and oxygen atoms in total. The van der Waals surface area contributed by atoms with Gasteiger partial charge in [-0.3, -0.25) is 4.79 Å². The molecule has 1 heterocycles. The molecule has 1 fully saturated rings. The Kier molecular flexibility index (Phi) is 5.70. The van der Waals surface area contributed by atoms with E-state index in [1.165, 1.54) is 0 Å². The SMILES string of the molecule is CC(C)Oc1ccc(Cl)cc1C(=O)N1CCCC(C(C)N)C1. The number of piperidine rings is 1. The molecule has 1 aromatic rings. The van der Waals surface area contributed by atoms with Crippen LogP contribution in [0.5, 0.6) is 5.75 Å². The lowest BCUT2D eigenvalue weighted by Gasteiger charge is -2.35. The van der Waals surface area contributed by atoms with Crippen LogP contribution in [0, 0.1) is 5.92 Å². The van der Waals surface area contributed by atoms with E-state index in [0.29, 0.717) is 28.8 Å². The van der Waals surface area contributed by atoms with Gasteiger partial charge in [-0.2, -0.15) is 0 Å². The average Bonchev–Trinajstić information content (AvgIpc) is 2.48.